The number of hydrogen-bond acceptors (Lipinski definition) is 3. The van der Waals surface area contributed by atoms with Gasteiger partial charge in [0, 0.05) is 37.4 Å². The summed E-state index contributed by atoms with van der Waals surface area (Å²) < 4.78 is 0. The molecule has 1 aromatic rings. The molecule has 0 amide bonds. The van der Waals surface area contributed by atoms with Gasteiger partial charge in [0.05, 0.1) is 0 Å². The second kappa shape index (κ2) is 6.06. The molecule has 0 unspecified atom stereocenters. The van der Waals surface area contributed by atoms with Gasteiger partial charge in [0.1, 0.15) is 5.84 Å². The van der Waals surface area contributed by atoms with Gasteiger partial charge in [-0.2, -0.15) is 0 Å². The molecule has 1 heterocycles. The molecule has 104 valence electrons. The zero-order valence-electron chi connectivity index (χ0n) is 11.9. The highest BCUT2D eigenvalue weighted by Gasteiger charge is 2.21. The van der Waals surface area contributed by atoms with Gasteiger partial charge >= 0.3 is 0 Å². The summed E-state index contributed by atoms with van der Waals surface area (Å²) in [5, 5.41) is 7.41. The summed E-state index contributed by atoms with van der Waals surface area (Å²) in [5.41, 5.74) is 7.48. The molecule has 0 spiro atoms. The zero-order chi connectivity index (χ0) is 13.8. The fourth-order valence-electron chi connectivity index (χ4n) is 2.71. The van der Waals surface area contributed by atoms with Crippen molar-refractivity contribution in [2.24, 2.45) is 5.73 Å². The first kappa shape index (κ1) is 13.9. The van der Waals surface area contributed by atoms with Crippen molar-refractivity contribution in [3.8, 4) is 0 Å². The molecule has 1 fully saturated rings. The van der Waals surface area contributed by atoms with Gasteiger partial charge in [-0.05, 0) is 43.7 Å². The van der Waals surface area contributed by atoms with Crippen LogP contribution in [0.2, 0.25) is 0 Å². The number of nitrogens with zero attached hydrogens (tertiary/aromatic N) is 2. The van der Waals surface area contributed by atoms with Gasteiger partial charge in [-0.1, -0.05) is 6.92 Å². The molecule has 0 aliphatic carbocycles. The van der Waals surface area contributed by atoms with Crippen LogP contribution in [0.15, 0.2) is 24.3 Å². The molecule has 1 aliphatic rings. The van der Waals surface area contributed by atoms with Crippen molar-refractivity contribution < 1.29 is 0 Å². The molecule has 3 N–H and O–H groups in total. The Kier molecular flexibility index (Phi) is 4.43. The summed E-state index contributed by atoms with van der Waals surface area (Å²) in [6.07, 6.45) is 2.44. The van der Waals surface area contributed by atoms with E-state index >= 15 is 0 Å². The van der Waals surface area contributed by atoms with Crippen molar-refractivity contribution in [3.63, 3.8) is 0 Å². The van der Waals surface area contributed by atoms with E-state index in [1.54, 1.807) is 0 Å². The van der Waals surface area contributed by atoms with Crippen LogP contribution in [0.5, 0.6) is 0 Å². The van der Waals surface area contributed by atoms with Gasteiger partial charge in [-0.3, -0.25) is 5.41 Å². The first-order valence-corrected chi connectivity index (χ1v) is 7.01. The first-order valence-electron chi connectivity index (χ1n) is 7.01. The molecule has 0 aromatic heterocycles. The Morgan fingerprint density at radius 1 is 1.32 bits per heavy atom. The van der Waals surface area contributed by atoms with E-state index in [1.165, 1.54) is 31.6 Å². The molecule has 19 heavy (non-hydrogen) atoms. The topological polar surface area (TPSA) is 56.4 Å². The van der Waals surface area contributed by atoms with E-state index in [0.717, 1.165) is 12.1 Å². The zero-order valence-corrected chi connectivity index (χ0v) is 11.9. The van der Waals surface area contributed by atoms with E-state index in [9.17, 15) is 0 Å². The van der Waals surface area contributed by atoms with Gasteiger partial charge < -0.3 is 15.5 Å². The minimum atomic E-state index is 0.130. The normalized spacial score (nSPS) is 17.4. The van der Waals surface area contributed by atoms with Crippen molar-refractivity contribution in [1.82, 2.24) is 4.90 Å². The molecule has 0 bridgehead atoms. The molecule has 2 rings (SSSR count). The highest BCUT2D eigenvalue weighted by atomic mass is 15.2. The fraction of sp³-hybridized carbons (Fsp3) is 0.533. The molecule has 4 heteroatoms. The number of nitrogens with one attached hydrogen (secondary N) is 1. The van der Waals surface area contributed by atoms with Crippen LogP contribution in [0.1, 0.15) is 25.3 Å². The Morgan fingerprint density at radius 2 is 1.89 bits per heavy atom. The van der Waals surface area contributed by atoms with Crippen LogP contribution < -0.4 is 10.6 Å². The van der Waals surface area contributed by atoms with Crippen LogP contribution in [0.3, 0.4) is 0 Å². The van der Waals surface area contributed by atoms with Crippen LogP contribution in [0.25, 0.3) is 0 Å². The molecule has 0 atom stereocenters. The molecule has 0 saturated carbocycles. The molecular formula is C15H24N4. The number of rotatable bonds is 4. The van der Waals surface area contributed by atoms with Gasteiger partial charge in [-0.15, -0.1) is 0 Å². The van der Waals surface area contributed by atoms with Crippen molar-refractivity contribution >= 4 is 11.5 Å². The molecule has 4 nitrogen and oxygen atoms in total. The number of nitrogen functional groups attached to an aromatic ring is 1. The maximum atomic E-state index is 7.41. The summed E-state index contributed by atoms with van der Waals surface area (Å²) in [7, 11) is 2.16. The van der Waals surface area contributed by atoms with Gasteiger partial charge in [0.15, 0.2) is 0 Å². The average Bonchev–Trinajstić information content (AvgIpc) is 2.46. The Morgan fingerprint density at radius 3 is 2.37 bits per heavy atom. The maximum absolute atomic E-state index is 7.41. The predicted octanol–water partition coefficient (Wildman–Crippen LogP) is 1.89. The second-order valence-electron chi connectivity index (χ2n) is 5.24. The largest absolute Gasteiger partial charge is 0.384 e. The van der Waals surface area contributed by atoms with Crippen molar-refractivity contribution in [2.75, 3.05) is 31.6 Å². The summed E-state index contributed by atoms with van der Waals surface area (Å²) in [4.78, 5) is 4.86. The summed E-state index contributed by atoms with van der Waals surface area (Å²) >= 11 is 0. The van der Waals surface area contributed by atoms with E-state index in [1.807, 2.05) is 12.1 Å². The van der Waals surface area contributed by atoms with Gasteiger partial charge in [0.2, 0.25) is 0 Å². The third-order valence-electron chi connectivity index (χ3n) is 4.14. The van der Waals surface area contributed by atoms with Crippen molar-refractivity contribution in [1.29, 1.82) is 5.41 Å². The second-order valence-corrected chi connectivity index (χ2v) is 5.24. The minimum Gasteiger partial charge on any atom is -0.384 e. The maximum Gasteiger partial charge on any atom is 0.122 e. The number of anilines is 1. The third kappa shape index (κ3) is 3.26. The van der Waals surface area contributed by atoms with E-state index in [0.29, 0.717) is 6.04 Å². The van der Waals surface area contributed by atoms with Gasteiger partial charge in [-0.25, -0.2) is 0 Å². The van der Waals surface area contributed by atoms with E-state index < -0.39 is 0 Å². The lowest BCUT2D eigenvalue weighted by Crippen LogP contribution is -2.43. The SMILES string of the molecule is CCN1CCC(N(C)c2ccc(C(=N)N)cc2)CC1. The molecule has 1 aliphatic heterocycles. The average molecular weight is 260 g/mol. The number of hydrogen-bond donors (Lipinski definition) is 2. The van der Waals surface area contributed by atoms with E-state index in [2.05, 4.69) is 35.9 Å². The lowest BCUT2D eigenvalue weighted by atomic mass is 10.0. The number of likely N-dealkylation sites (tertiary alicyclic amines) is 1. The Bertz CT molecular complexity index is 418. The van der Waals surface area contributed by atoms with E-state index in [4.69, 9.17) is 11.1 Å². The Balaban J connectivity index is 1.99. The minimum absolute atomic E-state index is 0.130. The Hall–Kier alpha value is -1.55. The van der Waals surface area contributed by atoms with Crippen LogP contribution in [0.4, 0.5) is 5.69 Å². The quantitative estimate of drug-likeness (QED) is 0.642. The van der Waals surface area contributed by atoms with Crippen LogP contribution in [-0.4, -0.2) is 43.5 Å². The summed E-state index contributed by atoms with van der Waals surface area (Å²) in [6.45, 7) is 5.77. The lowest BCUT2D eigenvalue weighted by molar-refractivity contribution is 0.221. The van der Waals surface area contributed by atoms with Crippen LogP contribution in [0, 0.1) is 5.41 Å². The first-order chi connectivity index (χ1) is 9.11. The van der Waals surface area contributed by atoms with Crippen LogP contribution >= 0.6 is 0 Å². The Labute approximate surface area is 115 Å². The fourth-order valence-corrected chi connectivity index (χ4v) is 2.71. The molecular weight excluding hydrogens is 236 g/mol. The number of benzene rings is 1. The smallest absolute Gasteiger partial charge is 0.122 e. The number of nitrogens with two attached hydrogens (primary N) is 1. The highest BCUT2D eigenvalue weighted by molar-refractivity contribution is 5.95. The predicted molar refractivity (Wildman–Crippen MR) is 81.0 cm³/mol. The molecule has 0 radical (unpaired) electrons. The third-order valence-corrected chi connectivity index (χ3v) is 4.14. The van der Waals surface area contributed by atoms with Gasteiger partial charge in [0.25, 0.3) is 0 Å². The van der Waals surface area contributed by atoms with Crippen LogP contribution in [-0.2, 0) is 0 Å². The van der Waals surface area contributed by atoms with Crippen molar-refractivity contribution in [3.05, 3.63) is 29.8 Å². The summed E-state index contributed by atoms with van der Waals surface area (Å²) in [5.74, 6) is 0.130. The number of piperidine rings is 1. The monoisotopic (exact) mass is 260 g/mol. The standard InChI is InChI=1S/C15H24N4/c1-3-19-10-8-14(9-11-19)18(2)13-6-4-12(5-7-13)15(16)17/h4-7,14H,3,8-11H2,1-2H3,(H3,16,17). The molecule has 1 aromatic carbocycles. The lowest BCUT2D eigenvalue weighted by Gasteiger charge is -2.37. The molecule has 1 saturated heterocycles. The highest BCUT2D eigenvalue weighted by Crippen LogP contribution is 2.22. The summed E-state index contributed by atoms with van der Waals surface area (Å²) in [6, 6.07) is 8.59. The van der Waals surface area contributed by atoms with E-state index in [-0.39, 0.29) is 5.84 Å². The van der Waals surface area contributed by atoms with Crippen molar-refractivity contribution in [2.45, 2.75) is 25.8 Å². The number of amidine groups is 1.